The highest BCUT2D eigenvalue weighted by Gasteiger charge is 2.32. The molecule has 0 spiro atoms. The van der Waals surface area contributed by atoms with Gasteiger partial charge >= 0.3 is 0 Å². The molecule has 0 bridgehead atoms. The summed E-state index contributed by atoms with van der Waals surface area (Å²) in [7, 11) is 0. The van der Waals surface area contributed by atoms with Crippen LogP contribution in [0.3, 0.4) is 0 Å². The fraction of sp³-hybridized carbons (Fsp3) is 0.394. The van der Waals surface area contributed by atoms with Crippen molar-refractivity contribution in [3.63, 3.8) is 0 Å². The first-order chi connectivity index (χ1) is 18.4. The number of rotatable bonds is 10. The minimum Gasteiger partial charge on any atom is -0.484 e. The molecule has 0 radical (unpaired) electrons. The summed E-state index contributed by atoms with van der Waals surface area (Å²) in [6.45, 7) is 6.33. The normalized spacial score (nSPS) is 14.5. The zero-order chi connectivity index (χ0) is 26.9. The summed E-state index contributed by atoms with van der Waals surface area (Å²) in [4.78, 5) is 29.4. The molecule has 1 saturated carbocycles. The Morgan fingerprint density at radius 3 is 2.29 bits per heavy atom. The van der Waals surface area contributed by atoms with Crippen LogP contribution in [0.2, 0.25) is 0 Å². The van der Waals surface area contributed by atoms with E-state index in [9.17, 15) is 9.59 Å². The minimum absolute atomic E-state index is 0.0890. The predicted molar refractivity (Wildman–Crippen MR) is 152 cm³/mol. The number of hydrogen-bond acceptors (Lipinski definition) is 3. The van der Waals surface area contributed by atoms with Crippen LogP contribution in [0.4, 0.5) is 0 Å². The molecule has 1 aliphatic rings. The molecule has 0 heterocycles. The first-order valence-electron chi connectivity index (χ1n) is 13.8. The molecule has 3 aromatic rings. The number of aryl methyl sites for hydroxylation is 3. The molecule has 5 heteroatoms. The van der Waals surface area contributed by atoms with E-state index in [0.29, 0.717) is 18.7 Å². The molecule has 0 aromatic heterocycles. The predicted octanol–water partition coefficient (Wildman–Crippen LogP) is 6.08. The maximum Gasteiger partial charge on any atom is 0.261 e. The molecule has 0 saturated heterocycles. The van der Waals surface area contributed by atoms with Crippen LogP contribution < -0.4 is 10.1 Å². The molecule has 5 nitrogen and oxygen atoms in total. The number of nitrogens with zero attached hydrogens (tertiary/aromatic N) is 1. The quantitative estimate of drug-likeness (QED) is 0.358. The van der Waals surface area contributed by atoms with Crippen LogP contribution in [0, 0.1) is 20.8 Å². The van der Waals surface area contributed by atoms with Crippen LogP contribution in [0.1, 0.15) is 59.9 Å². The van der Waals surface area contributed by atoms with Crippen molar-refractivity contribution in [3.8, 4) is 5.75 Å². The summed E-state index contributed by atoms with van der Waals surface area (Å²) in [5, 5.41) is 3.29. The second kappa shape index (κ2) is 13.3. The molecule has 3 aromatic carbocycles. The van der Waals surface area contributed by atoms with Crippen molar-refractivity contribution in [2.45, 2.75) is 77.9 Å². The zero-order valence-corrected chi connectivity index (χ0v) is 22.9. The number of ether oxygens (including phenoxy) is 1. The number of hydrogen-bond donors (Lipinski definition) is 1. The molecular weight excluding hydrogens is 472 g/mol. The van der Waals surface area contributed by atoms with Crippen molar-refractivity contribution in [3.05, 3.63) is 101 Å². The van der Waals surface area contributed by atoms with Gasteiger partial charge in [-0.3, -0.25) is 9.59 Å². The van der Waals surface area contributed by atoms with Crippen LogP contribution in [-0.4, -0.2) is 35.4 Å². The number of carbonyl (C=O) groups excluding carboxylic acids is 2. The van der Waals surface area contributed by atoms with Crippen molar-refractivity contribution < 1.29 is 14.3 Å². The van der Waals surface area contributed by atoms with Crippen molar-refractivity contribution in [1.29, 1.82) is 0 Å². The Kier molecular flexibility index (Phi) is 9.58. The standard InChI is InChI=1S/C33H40N2O3/c1-24-18-19-30(20-26(24)3)38-23-32(36)35(22-28-15-11-10-12-25(28)2)31(21-27-13-6-4-7-14-27)33(37)34-29-16-8-5-9-17-29/h4,6-7,10-15,18-20,29,31H,5,8-9,16-17,21-23H2,1-3H3,(H,34,37)/t31-/m1/s1. The van der Waals surface area contributed by atoms with Crippen LogP contribution in [0.15, 0.2) is 72.8 Å². The molecule has 0 aliphatic heterocycles. The van der Waals surface area contributed by atoms with Gasteiger partial charge in [0.05, 0.1) is 0 Å². The smallest absolute Gasteiger partial charge is 0.261 e. The number of amides is 2. The zero-order valence-electron chi connectivity index (χ0n) is 22.9. The molecule has 38 heavy (non-hydrogen) atoms. The van der Waals surface area contributed by atoms with Gasteiger partial charge in [0, 0.05) is 19.0 Å². The van der Waals surface area contributed by atoms with Crippen molar-refractivity contribution in [2.75, 3.05) is 6.61 Å². The summed E-state index contributed by atoms with van der Waals surface area (Å²) in [5.41, 5.74) is 5.42. The molecule has 0 unspecified atom stereocenters. The summed E-state index contributed by atoms with van der Waals surface area (Å²) >= 11 is 0. The molecule has 4 rings (SSSR count). The number of carbonyl (C=O) groups is 2. The Bertz CT molecular complexity index is 1220. The van der Waals surface area contributed by atoms with Gasteiger partial charge in [0.2, 0.25) is 5.91 Å². The van der Waals surface area contributed by atoms with Gasteiger partial charge in [-0.1, -0.05) is 79.9 Å². The fourth-order valence-corrected chi connectivity index (χ4v) is 5.10. The Balaban J connectivity index is 1.62. The summed E-state index contributed by atoms with van der Waals surface area (Å²) < 4.78 is 5.96. The van der Waals surface area contributed by atoms with E-state index in [4.69, 9.17) is 4.74 Å². The van der Waals surface area contributed by atoms with E-state index in [1.807, 2.05) is 93.6 Å². The van der Waals surface area contributed by atoms with Crippen LogP contribution in [0.5, 0.6) is 5.75 Å². The Labute approximate surface area is 227 Å². The van der Waals surface area contributed by atoms with Gasteiger partial charge in [0.25, 0.3) is 5.91 Å². The summed E-state index contributed by atoms with van der Waals surface area (Å²) in [6, 6.07) is 23.3. The lowest BCUT2D eigenvalue weighted by molar-refractivity contribution is -0.143. The van der Waals surface area contributed by atoms with Gasteiger partial charge in [-0.05, 0) is 73.6 Å². The second-order valence-corrected chi connectivity index (χ2v) is 10.5. The van der Waals surface area contributed by atoms with Crippen molar-refractivity contribution in [2.24, 2.45) is 0 Å². The maximum atomic E-state index is 13.8. The Morgan fingerprint density at radius 1 is 0.868 bits per heavy atom. The third-order valence-electron chi connectivity index (χ3n) is 7.67. The van der Waals surface area contributed by atoms with Crippen molar-refractivity contribution in [1.82, 2.24) is 10.2 Å². The maximum absolute atomic E-state index is 13.8. The molecule has 1 N–H and O–H groups in total. The number of nitrogens with one attached hydrogen (secondary N) is 1. The van der Waals surface area contributed by atoms with E-state index >= 15 is 0 Å². The van der Waals surface area contributed by atoms with E-state index in [2.05, 4.69) is 5.32 Å². The first kappa shape index (κ1) is 27.4. The van der Waals surface area contributed by atoms with Gasteiger partial charge in [-0.2, -0.15) is 0 Å². The third-order valence-corrected chi connectivity index (χ3v) is 7.67. The third kappa shape index (κ3) is 7.47. The highest BCUT2D eigenvalue weighted by atomic mass is 16.5. The topological polar surface area (TPSA) is 58.6 Å². The van der Waals surface area contributed by atoms with E-state index in [-0.39, 0.29) is 24.5 Å². The van der Waals surface area contributed by atoms with Gasteiger partial charge in [-0.25, -0.2) is 0 Å². The van der Waals surface area contributed by atoms with Gasteiger partial charge < -0.3 is 15.0 Å². The lowest BCUT2D eigenvalue weighted by atomic mass is 9.94. The van der Waals surface area contributed by atoms with Gasteiger partial charge in [0.15, 0.2) is 6.61 Å². The lowest BCUT2D eigenvalue weighted by Gasteiger charge is -2.33. The fourth-order valence-electron chi connectivity index (χ4n) is 5.10. The van der Waals surface area contributed by atoms with E-state index < -0.39 is 6.04 Å². The molecule has 2 amide bonds. The summed E-state index contributed by atoms with van der Waals surface area (Å²) in [5.74, 6) is 0.364. The average molecular weight is 513 g/mol. The van der Waals surface area contributed by atoms with E-state index in [0.717, 1.165) is 47.9 Å². The monoisotopic (exact) mass is 512 g/mol. The highest BCUT2D eigenvalue weighted by Crippen LogP contribution is 2.21. The molecule has 1 aliphatic carbocycles. The largest absolute Gasteiger partial charge is 0.484 e. The number of benzene rings is 3. The van der Waals surface area contributed by atoms with Crippen LogP contribution in [-0.2, 0) is 22.6 Å². The summed E-state index contributed by atoms with van der Waals surface area (Å²) in [6.07, 6.45) is 5.90. The SMILES string of the molecule is Cc1ccc(OCC(=O)N(Cc2ccccc2C)[C@H](Cc2ccccc2)C(=O)NC2CCCCC2)cc1C. The van der Waals surface area contributed by atoms with Gasteiger partial charge in [0.1, 0.15) is 11.8 Å². The molecule has 1 fully saturated rings. The van der Waals surface area contributed by atoms with Crippen molar-refractivity contribution >= 4 is 11.8 Å². The molecule has 200 valence electrons. The highest BCUT2D eigenvalue weighted by molar-refractivity contribution is 5.88. The molecular formula is C33H40N2O3. The minimum atomic E-state index is -0.644. The Morgan fingerprint density at radius 2 is 1.58 bits per heavy atom. The van der Waals surface area contributed by atoms with Crippen LogP contribution >= 0.6 is 0 Å². The van der Waals surface area contributed by atoms with Gasteiger partial charge in [-0.15, -0.1) is 0 Å². The molecule has 1 atom stereocenters. The van der Waals surface area contributed by atoms with Crippen LogP contribution in [0.25, 0.3) is 0 Å². The van der Waals surface area contributed by atoms with E-state index in [1.54, 1.807) is 4.90 Å². The van der Waals surface area contributed by atoms with E-state index in [1.165, 1.54) is 12.0 Å². The first-order valence-corrected chi connectivity index (χ1v) is 13.8. The average Bonchev–Trinajstić information content (AvgIpc) is 2.93. The Hall–Kier alpha value is -3.60. The lowest BCUT2D eigenvalue weighted by Crippen LogP contribution is -2.53. The second-order valence-electron chi connectivity index (χ2n) is 10.5.